The van der Waals surface area contributed by atoms with E-state index >= 15 is 0 Å². The molecule has 0 N–H and O–H groups in total. The predicted molar refractivity (Wildman–Crippen MR) is 122 cm³/mol. The number of benzene rings is 2. The monoisotopic (exact) mass is 441 g/mol. The summed E-state index contributed by atoms with van der Waals surface area (Å²) in [5.41, 5.74) is 2.86. The van der Waals surface area contributed by atoms with Gasteiger partial charge in [-0.25, -0.2) is 4.79 Å². The van der Waals surface area contributed by atoms with Gasteiger partial charge in [0.25, 0.3) is 0 Å². The van der Waals surface area contributed by atoms with E-state index in [1.807, 2.05) is 50.2 Å². The molecule has 2 amide bonds. The first-order chi connectivity index (χ1) is 15.9. The fourth-order valence-electron chi connectivity index (χ4n) is 6.58. The minimum absolute atomic E-state index is 0.124. The summed E-state index contributed by atoms with van der Waals surface area (Å²) in [6.07, 6.45) is 5.65. The predicted octanol–water partition coefficient (Wildman–Crippen LogP) is 3.87. The number of hydrogen-bond acceptors (Lipinski definition) is 4. The van der Waals surface area contributed by atoms with E-state index in [-0.39, 0.29) is 41.9 Å². The number of allylic oxidation sites excluding steroid dienone is 2. The maximum atomic E-state index is 13.7. The zero-order chi connectivity index (χ0) is 22.9. The summed E-state index contributed by atoms with van der Waals surface area (Å²) < 4.78 is 5.77. The Morgan fingerprint density at radius 1 is 0.939 bits per heavy atom. The van der Waals surface area contributed by atoms with E-state index in [4.69, 9.17) is 4.74 Å². The summed E-state index contributed by atoms with van der Waals surface area (Å²) in [4.78, 5) is 42.1. The average molecular weight is 442 g/mol. The molecule has 2 bridgehead atoms. The van der Waals surface area contributed by atoms with Crippen LogP contribution in [0.2, 0.25) is 0 Å². The van der Waals surface area contributed by atoms with Crippen molar-refractivity contribution in [2.24, 2.45) is 35.5 Å². The van der Waals surface area contributed by atoms with Crippen LogP contribution < -0.4 is 4.74 Å². The molecule has 0 spiro atoms. The largest absolute Gasteiger partial charge is 0.425 e. The average Bonchev–Trinajstić information content (AvgIpc) is 3.56. The molecule has 1 heterocycles. The second-order valence-corrected chi connectivity index (χ2v) is 10.2. The van der Waals surface area contributed by atoms with Gasteiger partial charge in [0.15, 0.2) is 0 Å². The van der Waals surface area contributed by atoms with Crippen LogP contribution in [-0.2, 0) is 20.8 Å². The van der Waals surface area contributed by atoms with Crippen molar-refractivity contribution in [1.82, 2.24) is 4.90 Å². The van der Waals surface area contributed by atoms with Crippen LogP contribution in [0.25, 0.3) is 0 Å². The molecule has 4 aliphatic carbocycles. The second-order valence-electron chi connectivity index (χ2n) is 10.2. The first-order valence-electron chi connectivity index (χ1n) is 11.8. The van der Waals surface area contributed by atoms with E-state index in [1.54, 1.807) is 12.1 Å². The number of carbonyl (C=O) groups excluding carboxylic acids is 3. The third-order valence-electron chi connectivity index (χ3n) is 7.97. The third kappa shape index (κ3) is 3.25. The van der Waals surface area contributed by atoms with Crippen molar-refractivity contribution in [1.29, 1.82) is 0 Å². The number of hydrogen-bond donors (Lipinski definition) is 0. The molecule has 7 rings (SSSR count). The first kappa shape index (κ1) is 20.4. The van der Waals surface area contributed by atoms with Crippen molar-refractivity contribution in [3.05, 3.63) is 77.4 Å². The standard InChI is InChI=1S/C28H27NO4/c1-15-10-16(2)12-18(11-15)33-28(32)23(13-17-6-4-3-5-7-17)29-26(30)24-19-8-9-20(22-14-21(19)22)25(24)27(29)31/h3-12,19-25H,13-14H2,1-2H3/t19-,20-,21-,22-,23-,24+,25+/m1/s1. The Labute approximate surface area is 193 Å². The quantitative estimate of drug-likeness (QED) is 0.306. The van der Waals surface area contributed by atoms with Crippen molar-refractivity contribution in [3.8, 4) is 5.75 Å². The maximum absolute atomic E-state index is 13.7. The molecule has 5 nitrogen and oxygen atoms in total. The van der Waals surface area contributed by atoms with Gasteiger partial charge in [0, 0.05) is 6.42 Å². The highest BCUT2D eigenvalue weighted by molar-refractivity contribution is 6.09. The molecule has 0 unspecified atom stereocenters. The fraction of sp³-hybridized carbons (Fsp3) is 0.393. The van der Waals surface area contributed by atoms with Gasteiger partial charge in [-0.2, -0.15) is 0 Å². The molecule has 2 saturated carbocycles. The van der Waals surface area contributed by atoms with E-state index in [0.29, 0.717) is 17.6 Å². The topological polar surface area (TPSA) is 63.7 Å². The van der Waals surface area contributed by atoms with E-state index in [0.717, 1.165) is 23.1 Å². The Morgan fingerprint density at radius 3 is 2.09 bits per heavy atom. The Kier molecular flexibility index (Phi) is 4.58. The first-order valence-corrected chi connectivity index (χ1v) is 11.8. The molecule has 7 atom stereocenters. The molecule has 2 aromatic carbocycles. The minimum Gasteiger partial charge on any atom is -0.425 e. The van der Waals surface area contributed by atoms with Gasteiger partial charge in [0.1, 0.15) is 11.8 Å². The fourth-order valence-corrected chi connectivity index (χ4v) is 6.58. The van der Waals surface area contributed by atoms with Crippen LogP contribution in [0.15, 0.2) is 60.7 Å². The summed E-state index contributed by atoms with van der Waals surface area (Å²) >= 11 is 0. The third-order valence-corrected chi connectivity index (χ3v) is 7.97. The summed E-state index contributed by atoms with van der Waals surface area (Å²) in [6, 6.07) is 14.2. The van der Waals surface area contributed by atoms with Crippen LogP contribution >= 0.6 is 0 Å². The lowest BCUT2D eigenvalue weighted by Crippen LogP contribution is -2.48. The normalized spacial score (nSPS) is 31.9. The molecule has 5 heteroatoms. The molecule has 0 aromatic heterocycles. The Morgan fingerprint density at radius 2 is 1.52 bits per heavy atom. The van der Waals surface area contributed by atoms with Crippen LogP contribution in [0.4, 0.5) is 0 Å². The summed E-state index contributed by atoms with van der Waals surface area (Å²) in [5.74, 6) is 0.108. The maximum Gasteiger partial charge on any atom is 0.335 e. The number of aryl methyl sites for hydroxylation is 2. The van der Waals surface area contributed by atoms with E-state index in [1.165, 1.54) is 4.90 Å². The van der Waals surface area contributed by atoms with Crippen LogP contribution in [0.1, 0.15) is 23.1 Å². The lowest BCUT2D eigenvalue weighted by atomic mass is 9.63. The molecular formula is C28H27NO4. The molecule has 3 fully saturated rings. The zero-order valence-electron chi connectivity index (χ0n) is 18.8. The van der Waals surface area contributed by atoms with Crippen LogP contribution in [0.3, 0.4) is 0 Å². The second kappa shape index (κ2) is 7.41. The number of nitrogens with zero attached hydrogens (tertiary/aromatic N) is 1. The van der Waals surface area contributed by atoms with Crippen molar-refractivity contribution in [2.45, 2.75) is 32.7 Å². The summed E-state index contributed by atoms with van der Waals surface area (Å²) in [6.45, 7) is 3.89. The number of imide groups is 1. The van der Waals surface area contributed by atoms with Crippen molar-refractivity contribution in [3.63, 3.8) is 0 Å². The molecule has 2 aromatic rings. The van der Waals surface area contributed by atoms with E-state index in [9.17, 15) is 14.4 Å². The van der Waals surface area contributed by atoms with Crippen LogP contribution in [-0.4, -0.2) is 28.7 Å². The lowest BCUT2D eigenvalue weighted by Gasteiger charge is -2.37. The van der Waals surface area contributed by atoms with Gasteiger partial charge in [-0.1, -0.05) is 48.6 Å². The van der Waals surface area contributed by atoms with Crippen LogP contribution in [0, 0.1) is 49.4 Å². The SMILES string of the molecule is Cc1cc(C)cc(OC(=O)[C@@H](Cc2ccccc2)N2C(=O)[C@H]3[C@@H]4C=C[C@H]([C@H]5C[C@H]45)[C@@H]3C2=O)c1. The molecule has 168 valence electrons. The van der Waals surface area contributed by atoms with Crippen molar-refractivity contribution >= 4 is 17.8 Å². The van der Waals surface area contributed by atoms with Gasteiger partial charge < -0.3 is 4.74 Å². The molecule has 33 heavy (non-hydrogen) atoms. The number of carbonyl (C=O) groups is 3. The number of esters is 1. The smallest absolute Gasteiger partial charge is 0.335 e. The van der Waals surface area contributed by atoms with Gasteiger partial charge in [-0.15, -0.1) is 0 Å². The summed E-state index contributed by atoms with van der Waals surface area (Å²) in [7, 11) is 0. The zero-order valence-corrected chi connectivity index (χ0v) is 18.8. The van der Waals surface area contributed by atoms with Gasteiger partial charge in [0.05, 0.1) is 11.8 Å². The number of rotatable bonds is 5. The Hall–Kier alpha value is -3.21. The molecule has 1 aliphatic heterocycles. The number of ether oxygens (including phenoxy) is 1. The molecule has 1 saturated heterocycles. The molecule has 5 aliphatic rings. The Bertz CT molecular complexity index is 1130. The van der Waals surface area contributed by atoms with E-state index < -0.39 is 12.0 Å². The highest BCUT2D eigenvalue weighted by Gasteiger charge is 2.68. The summed E-state index contributed by atoms with van der Waals surface area (Å²) in [5, 5.41) is 0. The highest BCUT2D eigenvalue weighted by atomic mass is 16.5. The van der Waals surface area contributed by atoms with Gasteiger partial charge in [-0.3, -0.25) is 14.5 Å². The van der Waals surface area contributed by atoms with Gasteiger partial charge >= 0.3 is 5.97 Å². The lowest BCUT2D eigenvalue weighted by molar-refractivity contribution is -0.153. The van der Waals surface area contributed by atoms with Crippen molar-refractivity contribution in [2.75, 3.05) is 0 Å². The van der Waals surface area contributed by atoms with Crippen molar-refractivity contribution < 1.29 is 19.1 Å². The van der Waals surface area contributed by atoms with Gasteiger partial charge in [0.2, 0.25) is 11.8 Å². The number of likely N-dealkylation sites (tertiary alicyclic amines) is 1. The highest BCUT2D eigenvalue weighted by Crippen LogP contribution is 2.65. The van der Waals surface area contributed by atoms with Gasteiger partial charge in [-0.05, 0) is 72.8 Å². The molecule has 0 radical (unpaired) electrons. The van der Waals surface area contributed by atoms with E-state index in [2.05, 4.69) is 12.2 Å². The minimum atomic E-state index is -0.977. The number of amides is 2. The Balaban J connectivity index is 1.34. The molecular weight excluding hydrogens is 414 g/mol. The van der Waals surface area contributed by atoms with Crippen LogP contribution in [0.5, 0.6) is 5.75 Å².